The van der Waals surface area contributed by atoms with Gasteiger partial charge in [0.25, 0.3) is 5.91 Å². The van der Waals surface area contributed by atoms with Crippen molar-refractivity contribution in [2.45, 2.75) is 45.6 Å². The van der Waals surface area contributed by atoms with E-state index in [0.29, 0.717) is 32.7 Å². The summed E-state index contributed by atoms with van der Waals surface area (Å²) in [7, 11) is 1.90. The molecule has 1 fully saturated rings. The van der Waals surface area contributed by atoms with Gasteiger partial charge in [0.15, 0.2) is 0 Å². The first kappa shape index (κ1) is 21.0. The summed E-state index contributed by atoms with van der Waals surface area (Å²) in [6.07, 6.45) is 4.33. The largest absolute Gasteiger partial charge is 0.349 e. The van der Waals surface area contributed by atoms with E-state index >= 15 is 0 Å². The van der Waals surface area contributed by atoms with Gasteiger partial charge in [-0.25, -0.2) is 4.98 Å². The molecule has 3 aromatic rings. The van der Waals surface area contributed by atoms with E-state index in [1.54, 1.807) is 18.2 Å². The molecule has 0 aliphatic heterocycles. The highest BCUT2D eigenvalue weighted by Gasteiger charge is 2.27. The maximum absolute atomic E-state index is 12.8. The molecule has 1 aromatic heterocycles. The van der Waals surface area contributed by atoms with Gasteiger partial charge in [0.05, 0.1) is 26.8 Å². The Morgan fingerprint density at radius 2 is 1.80 bits per heavy atom. The number of imidazole rings is 1. The fourth-order valence-corrected chi connectivity index (χ4v) is 4.48. The molecule has 2 N–H and O–H groups in total. The van der Waals surface area contributed by atoms with Crippen LogP contribution in [0.4, 0.5) is 11.6 Å². The summed E-state index contributed by atoms with van der Waals surface area (Å²) in [5.41, 5.74) is 3.27. The van der Waals surface area contributed by atoms with Gasteiger partial charge < -0.3 is 15.2 Å². The standard InChI is InChI=1S/C23H26Cl2N4O/c1-23(2)11-9-15(10-12-23)26-21(30)14-7-8-18-19(13-14)29(3)22(27-18)28-20-16(24)5-4-6-17(20)25/h4-8,13,15H,9-12H2,1-3H3,(H,26,30)(H,27,28). The number of carbonyl (C=O) groups excluding carboxylic acids is 1. The van der Waals surface area contributed by atoms with E-state index < -0.39 is 0 Å². The predicted molar refractivity (Wildman–Crippen MR) is 124 cm³/mol. The van der Waals surface area contributed by atoms with Gasteiger partial charge in [-0.15, -0.1) is 0 Å². The Kier molecular flexibility index (Phi) is 5.69. The number of aryl methyl sites for hydroxylation is 1. The number of anilines is 2. The second-order valence-corrected chi connectivity index (χ2v) is 9.65. The lowest BCUT2D eigenvalue weighted by molar-refractivity contribution is 0.0909. The molecule has 158 valence electrons. The summed E-state index contributed by atoms with van der Waals surface area (Å²) in [6, 6.07) is 11.2. The molecule has 0 unspecified atom stereocenters. The molecule has 7 heteroatoms. The van der Waals surface area contributed by atoms with Crippen molar-refractivity contribution in [3.05, 3.63) is 52.0 Å². The van der Waals surface area contributed by atoms with E-state index in [1.165, 1.54) is 0 Å². The van der Waals surface area contributed by atoms with Crippen LogP contribution >= 0.6 is 23.2 Å². The molecule has 1 saturated carbocycles. The average molecular weight is 445 g/mol. The van der Waals surface area contributed by atoms with Crippen LogP contribution in [-0.4, -0.2) is 21.5 Å². The number of benzene rings is 2. The van der Waals surface area contributed by atoms with Crippen molar-refractivity contribution >= 4 is 51.8 Å². The minimum absolute atomic E-state index is 0.0357. The maximum atomic E-state index is 12.8. The smallest absolute Gasteiger partial charge is 0.251 e. The maximum Gasteiger partial charge on any atom is 0.251 e. The number of para-hydroxylation sites is 1. The first-order chi connectivity index (χ1) is 14.2. The Labute approximate surface area is 186 Å². The van der Waals surface area contributed by atoms with Crippen LogP contribution in [0.1, 0.15) is 49.9 Å². The number of rotatable bonds is 4. The molecule has 0 saturated heterocycles. The molecule has 0 atom stereocenters. The second-order valence-electron chi connectivity index (χ2n) is 8.83. The Morgan fingerprint density at radius 3 is 2.47 bits per heavy atom. The van der Waals surface area contributed by atoms with Crippen molar-refractivity contribution in [3.8, 4) is 0 Å². The van der Waals surface area contributed by atoms with Crippen LogP contribution in [-0.2, 0) is 7.05 Å². The van der Waals surface area contributed by atoms with Gasteiger partial charge in [-0.1, -0.05) is 43.1 Å². The molecule has 1 aliphatic carbocycles. The molecule has 1 amide bonds. The van der Waals surface area contributed by atoms with Crippen LogP contribution in [0.15, 0.2) is 36.4 Å². The highest BCUT2D eigenvalue weighted by molar-refractivity contribution is 6.39. The van der Waals surface area contributed by atoms with E-state index in [-0.39, 0.29) is 11.9 Å². The Balaban J connectivity index is 1.54. The number of fused-ring (bicyclic) bond motifs is 1. The highest BCUT2D eigenvalue weighted by Crippen LogP contribution is 2.35. The van der Waals surface area contributed by atoms with Crippen molar-refractivity contribution in [2.75, 3.05) is 5.32 Å². The zero-order chi connectivity index (χ0) is 21.5. The van der Waals surface area contributed by atoms with E-state index in [4.69, 9.17) is 23.2 Å². The van der Waals surface area contributed by atoms with Gasteiger partial charge in [0.2, 0.25) is 5.95 Å². The first-order valence-electron chi connectivity index (χ1n) is 10.2. The van der Waals surface area contributed by atoms with E-state index in [2.05, 4.69) is 29.5 Å². The molecule has 0 radical (unpaired) electrons. The van der Waals surface area contributed by atoms with Gasteiger partial charge in [-0.3, -0.25) is 4.79 Å². The van der Waals surface area contributed by atoms with Gasteiger partial charge in [-0.05, 0) is 61.4 Å². The van der Waals surface area contributed by atoms with Crippen LogP contribution in [0.2, 0.25) is 10.0 Å². The third-order valence-corrected chi connectivity index (χ3v) is 6.65. The fourth-order valence-electron chi connectivity index (χ4n) is 3.98. The van der Waals surface area contributed by atoms with Gasteiger partial charge in [0, 0.05) is 18.7 Å². The van der Waals surface area contributed by atoms with Crippen molar-refractivity contribution in [1.29, 1.82) is 0 Å². The zero-order valence-corrected chi connectivity index (χ0v) is 18.9. The molecule has 1 aliphatic rings. The number of hydrogen-bond donors (Lipinski definition) is 2. The average Bonchev–Trinajstić information content (AvgIpc) is 3.01. The lowest BCUT2D eigenvalue weighted by atomic mass is 9.75. The molecular weight excluding hydrogens is 419 g/mol. The predicted octanol–water partition coefficient (Wildman–Crippen LogP) is 6.32. The van der Waals surface area contributed by atoms with Gasteiger partial charge in [0.1, 0.15) is 0 Å². The van der Waals surface area contributed by atoms with Crippen molar-refractivity contribution in [2.24, 2.45) is 12.5 Å². The summed E-state index contributed by atoms with van der Waals surface area (Å²) in [5, 5.41) is 7.44. The topological polar surface area (TPSA) is 59.0 Å². The third kappa shape index (κ3) is 4.28. The first-order valence-corrected chi connectivity index (χ1v) is 11.0. The number of hydrogen-bond acceptors (Lipinski definition) is 3. The monoisotopic (exact) mass is 444 g/mol. The molecular formula is C23H26Cl2N4O. The van der Waals surface area contributed by atoms with Crippen molar-refractivity contribution in [3.63, 3.8) is 0 Å². The molecule has 1 heterocycles. The summed E-state index contributed by atoms with van der Waals surface area (Å²) in [4.78, 5) is 17.4. The van der Waals surface area contributed by atoms with Gasteiger partial charge in [-0.2, -0.15) is 0 Å². The molecule has 2 aromatic carbocycles. The SMILES string of the molecule is Cn1c(Nc2c(Cl)cccc2Cl)nc2ccc(C(=O)NC3CCC(C)(C)CC3)cc21. The van der Waals surface area contributed by atoms with Crippen LogP contribution in [0.3, 0.4) is 0 Å². The zero-order valence-electron chi connectivity index (χ0n) is 17.4. The minimum atomic E-state index is -0.0357. The van der Waals surface area contributed by atoms with Crippen LogP contribution < -0.4 is 10.6 Å². The molecule has 0 spiro atoms. The Hall–Kier alpha value is -2.24. The lowest BCUT2D eigenvalue weighted by Gasteiger charge is -2.34. The van der Waals surface area contributed by atoms with Crippen LogP contribution in [0.25, 0.3) is 11.0 Å². The van der Waals surface area contributed by atoms with Crippen molar-refractivity contribution in [1.82, 2.24) is 14.9 Å². The number of nitrogens with one attached hydrogen (secondary N) is 2. The molecule has 5 nitrogen and oxygen atoms in total. The number of carbonyl (C=O) groups is 1. The summed E-state index contributed by atoms with van der Waals surface area (Å²) < 4.78 is 1.90. The molecule has 30 heavy (non-hydrogen) atoms. The quantitative estimate of drug-likeness (QED) is 0.494. The lowest BCUT2D eigenvalue weighted by Crippen LogP contribution is -2.39. The minimum Gasteiger partial charge on any atom is -0.349 e. The third-order valence-electron chi connectivity index (χ3n) is 6.02. The Morgan fingerprint density at radius 1 is 1.13 bits per heavy atom. The van der Waals surface area contributed by atoms with E-state index in [9.17, 15) is 4.79 Å². The summed E-state index contributed by atoms with van der Waals surface area (Å²) >= 11 is 12.5. The number of halogens is 2. The highest BCUT2D eigenvalue weighted by atomic mass is 35.5. The Bertz CT molecular complexity index is 1080. The molecule has 0 bridgehead atoms. The van der Waals surface area contributed by atoms with Crippen LogP contribution in [0, 0.1) is 5.41 Å². The van der Waals surface area contributed by atoms with Crippen molar-refractivity contribution < 1.29 is 4.79 Å². The fraction of sp³-hybridized carbons (Fsp3) is 0.391. The van der Waals surface area contributed by atoms with Gasteiger partial charge >= 0.3 is 0 Å². The van der Waals surface area contributed by atoms with E-state index in [0.717, 1.165) is 36.7 Å². The van der Waals surface area contributed by atoms with E-state index in [1.807, 2.05) is 29.8 Å². The number of nitrogens with zero attached hydrogens (tertiary/aromatic N) is 2. The summed E-state index contributed by atoms with van der Waals surface area (Å²) in [5.74, 6) is 0.568. The number of amides is 1. The number of aromatic nitrogens is 2. The second kappa shape index (κ2) is 8.12. The normalized spacial score (nSPS) is 16.6. The summed E-state index contributed by atoms with van der Waals surface area (Å²) in [6.45, 7) is 4.59. The molecule has 4 rings (SSSR count). The van der Waals surface area contributed by atoms with Crippen LogP contribution in [0.5, 0.6) is 0 Å².